The van der Waals surface area contributed by atoms with Crippen LogP contribution in [-0.4, -0.2) is 82.5 Å². The van der Waals surface area contributed by atoms with Crippen LogP contribution >= 0.6 is 11.3 Å². The van der Waals surface area contributed by atoms with Crippen LogP contribution in [0.1, 0.15) is 64.6 Å². The maximum Gasteiger partial charge on any atom is 0.356 e. The molecule has 364 valence electrons. The average Bonchev–Trinajstić information content (AvgIpc) is 4.03. The number of anilines is 1. The second kappa shape index (κ2) is 20.4. The number of esters is 1. The summed E-state index contributed by atoms with van der Waals surface area (Å²) in [6, 6.07) is 50.2. The van der Waals surface area contributed by atoms with Gasteiger partial charge < -0.3 is 30.4 Å². The number of carbonyl (C=O) groups excluding carboxylic acids is 3. The van der Waals surface area contributed by atoms with Crippen molar-refractivity contribution in [2.45, 2.75) is 56.1 Å². The molecule has 0 aliphatic carbocycles. The van der Waals surface area contributed by atoms with Gasteiger partial charge in [0.15, 0.2) is 28.4 Å². The predicted molar refractivity (Wildman–Crippen MR) is 275 cm³/mol. The lowest BCUT2D eigenvalue weighted by Gasteiger charge is -2.49. The topological polar surface area (TPSA) is 183 Å². The van der Waals surface area contributed by atoms with Crippen LogP contribution in [0.2, 0.25) is 0 Å². The van der Waals surface area contributed by atoms with E-state index in [0.717, 1.165) is 27.8 Å². The molecule has 0 spiro atoms. The fourth-order valence-corrected chi connectivity index (χ4v) is 12.0. The third-order valence-corrected chi connectivity index (χ3v) is 15.3. The zero-order chi connectivity index (χ0) is 49.9. The van der Waals surface area contributed by atoms with Gasteiger partial charge in [0, 0.05) is 25.0 Å². The molecule has 14 nitrogen and oxygen atoms in total. The Balaban J connectivity index is 0.957. The van der Waals surface area contributed by atoms with Gasteiger partial charge in [-0.3, -0.25) is 23.6 Å². The van der Waals surface area contributed by atoms with Crippen molar-refractivity contribution in [2.75, 3.05) is 17.6 Å². The van der Waals surface area contributed by atoms with Gasteiger partial charge in [0.25, 0.3) is 11.8 Å². The van der Waals surface area contributed by atoms with Gasteiger partial charge in [-0.1, -0.05) is 157 Å². The summed E-state index contributed by atoms with van der Waals surface area (Å²) in [4.78, 5) is 57.8. The van der Waals surface area contributed by atoms with E-state index < -0.39 is 57.7 Å². The number of hydrogen-bond acceptors (Lipinski definition) is 13. The highest BCUT2D eigenvalue weighted by Crippen LogP contribution is 2.42. The van der Waals surface area contributed by atoms with Gasteiger partial charge in [0.1, 0.15) is 34.4 Å². The summed E-state index contributed by atoms with van der Waals surface area (Å²) in [5, 5.41) is 32.3. The van der Waals surface area contributed by atoms with E-state index in [1.165, 1.54) is 28.4 Å². The maximum atomic E-state index is 14.8. The van der Waals surface area contributed by atoms with Gasteiger partial charge in [-0.25, -0.2) is 9.78 Å². The monoisotopic (exact) mass is 998 g/mol. The number of aromatic nitrogens is 1. The number of amides is 2. The number of nitrogens with one attached hydrogen (secondary N) is 2. The molecule has 3 aliphatic heterocycles. The van der Waals surface area contributed by atoms with Gasteiger partial charge in [-0.15, -0.1) is 11.3 Å². The highest BCUT2D eigenvalue weighted by molar-refractivity contribution is 7.86. The van der Waals surface area contributed by atoms with Crippen molar-refractivity contribution in [3.63, 3.8) is 0 Å². The first-order chi connectivity index (χ1) is 35.0. The van der Waals surface area contributed by atoms with Crippen molar-refractivity contribution in [2.24, 2.45) is 5.16 Å². The molecule has 0 saturated carbocycles. The summed E-state index contributed by atoms with van der Waals surface area (Å²) in [6.07, 6.45) is -1.28. The first kappa shape index (κ1) is 47.7. The van der Waals surface area contributed by atoms with Crippen molar-refractivity contribution in [1.82, 2.24) is 20.1 Å². The number of carbonyl (C=O) groups is 3. The Morgan fingerprint density at radius 1 is 0.792 bits per heavy atom. The molecular formula is C56H50N6O8S2. The molecule has 0 bridgehead atoms. The van der Waals surface area contributed by atoms with E-state index in [-0.39, 0.29) is 40.9 Å². The molecule has 1 fully saturated rings. The van der Waals surface area contributed by atoms with Crippen LogP contribution in [0.3, 0.4) is 0 Å². The van der Waals surface area contributed by atoms with Crippen molar-refractivity contribution >= 4 is 50.8 Å². The molecule has 10 rings (SSSR count). The normalized spacial score (nSPS) is 17.8. The molecule has 3 atom stereocenters. The number of thiazole rings is 1. The Labute approximate surface area is 422 Å². The average molecular weight is 999 g/mol. The molecule has 2 unspecified atom stereocenters. The minimum Gasteiger partial charge on any atom is -0.504 e. The first-order valence-corrected chi connectivity index (χ1v) is 25.7. The van der Waals surface area contributed by atoms with Crippen LogP contribution in [0.5, 0.6) is 11.5 Å². The second-order valence-corrected chi connectivity index (χ2v) is 20.4. The summed E-state index contributed by atoms with van der Waals surface area (Å²) in [5.41, 5.74) is 5.21. The summed E-state index contributed by atoms with van der Waals surface area (Å²) >= 11 is 1.26. The number of benzene rings is 6. The van der Waals surface area contributed by atoms with E-state index in [9.17, 15) is 28.8 Å². The largest absolute Gasteiger partial charge is 0.504 e. The van der Waals surface area contributed by atoms with Crippen LogP contribution in [0, 0.1) is 0 Å². The summed E-state index contributed by atoms with van der Waals surface area (Å²) in [5.74, 6) is -2.87. The summed E-state index contributed by atoms with van der Waals surface area (Å²) < 4.78 is 20.8. The number of rotatable bonds is 16. The van der Waals surface area contributed by atoms with Gasteiger partial charge in [0.2, 0.25) is 0 Å². The molecule has 4 heterocycles. The zero-order valence-corrected chi connectivity index (χ0v) is 40.9. The fraction of sp³-hybridized carbons (Fsp3) is 0.196. The van der Waals surface area contributed by atoms with Gasteiger partial charge in [-0.2, -0.15) is 0 Å². The van der Waals surface area contributed by atoms with Gasteiger partial charge in [0.05, 0.1) is 16.6 Å². The molecule has 7 aromatic rings. The number of phenolic OH excluding ortho intramolecular Hbond substituents is 2. The smallest absolute Gasteiger partial charge is 0.356 e. The Morgan fingerprint density at radius 3 is 1.79 bits per heavy atom. The minimum absolute atomic E-state index is 0.0559. The van der Waals surface area contributed by atoms with E-state index in [1.807, 2.05) is 157 Å². The molecule has 72 heavy (non-hydrogen) atoms. The maximum absolute atomic E-state index is 14.8. The Hall–Kier alpha value is -7.92. The molecule has 1 aromatic heterocycles. The Kier molecular flexibility index (Phi) is 13.5. The number of oxime groups is 1. The lowest BCUT2D eigenvalue weighted by Crippen LogP contribution is -2.74. The van der Waals surface area contributed by atoms with Gasteiger partial charge in [-0.05, 0) is 70.5 Å². The quantitative estimate of drug-likeness (QED) is 0.0183. The van der Waals surface area contributed by atoms with E-state index in [1.54, 1.807) is 19.2 Å². The number of hydrogen-bond donors (Lipinski definition) is 4. The van der Waals surface area contributed by atoms with Crippen LogP contribution in [0.4, 0.5) is 5.13 Å². The van der Waals surface area contributed by atoms with E-state index in [4.69, 9.17) is 14.6 Å². The zero-order valence-electron chi connectivity index (χ0n) is 39.3. The van der Waals surface area contributed by atoms with Crippen molar-refractivity contribution in [3.8, 4) is 11.5 Å². The Morgan fingerprint density at radius 2 is 1.29 bits per heavy atom. The van der Waals surface area contributed by atoms with Crippen LogP contribution in [0.25, 0.3) is 0 Å². The minimum atomic E-state index is -1.81. The van der Waals surface area contributed by atoms with Crippen LogP contribution in [-0.2, 0) is 53.4 Å². The van der Waals surface area contributed by atoms with Crippen LogP contribution in [0.15, 0.2) is 186 Å². The number of aromatic hydroxyl groups is 2. The van der Waals surface area contributed by atoms with E-state index in [2.05, 4.69) is 15.8 Å². The highest BCUT2D eigenvalue weighted by Gasteiger charge is 2.58. The van der Waals surface area contributed by atoms with Crippen LogP contribution < -0.4 is 10.6 Å². The van der Waals surface area contributed by atoms with Crippen molar-refractivity contribution in [1.29, 1.82) is 0 Å². The summed E-state index contributed by atoms with van der Waals surface area (Å²) in [7, 11) is -1.81. The SMILES string of the molecule is CC(C)O/N=C(\C(=O)NC1C(=O)N2C(C(=O)OC(c3ccccc3)c3ccccc3)=C(CN3Cc4cc(O)c(O)cc4C3)CS(=O)[C@H]12)c1csc(NC(c2ccccc2)(c2ccccc2)c2ccccc2)n1. The van der Waals surface area contributed by atoms with Gasteiger partial charge >= 0.3 is 5.97 Å². The fourth-order valence-electron chi connectivity index (χ4n) is 9.54. The van der Waals surface area contributed by atoms with E-state index >= 15 is 0 Å². The van der Waals surface area contributed by atoms with Crippen molar-refractivity contribution in [3.05, 3.63) is 225 Å². The molecular weight excluding hydrogens is 949 g/mol. The Bertz CT molecular complexity index is 3040. The first-order valence-electron chi connectivity index (χ1n) is 23.4. The molecule has 16 heteroatoms. The number of ether oxygens (including phenoxy) is 1. The molecule has 6 aromatic carbocycles. The third kappa shape index (κ3) is 9.39. The third-order valence-electron chi connectivity index (χ3n) is 12.8. The molecule has 1 saturated heterocycles. The van der Waals surface area contributed by atoms with E-state index in [0.29, 0.717) is 34.9 Å². The molecule has 0 radical (unpaired) electrons. The lowest BCUT2D eigenvalue weighted by molar-refractivity contribution is -0.154. The molecule has 3 aliphatic rings. The highest BCUT2D eigenvalue weighted by atomic mass is 32.2. The second-order valence-electron chi connectivity index (χ2n) is 18.0. The molecule has 2 amide bonds. The summed E-state index contributed by atoms with van der Waals surface area (Å²) in [6.45, 7) is 4.35. The number of fused-ring (bicyclic) bond motifs is 2. The standard InChI is InChI=1S/C56H50N6O8S2/c1-35(2)70-60-47(44-33-71-55(57-44)59-56(41-22-12-5-13-23-41,42-24-14-6-15-25-42)43-26-16-7-17-27-43)51(65)58-48-52(66)62-49(54(67)69-50(36-18-8-3-9-19-36)37-20-10-4-11-21-37)40(34-72(68)53(48)62)32-61-30-38-28-45(63)46(64)29-39(38)31-61/h3-29,33,35,48,50,53,63-64H,30-32,34H2,1-2H3,(H,57,59)(H,58,65)/b60-47-/t48?,53-,72?/m1/s1. The lowest BCUT2D eigenvalue weighted by atomic mass is 9.77. The number of β-lactam (4-membered cyclic amide) rings is 1. The van der Waals surface area contributed by atoms with Crippen molar-refractivity contribution < 1.29 is 38.4 Å². The number of nitrogens with zero attached hydrogens (tertiary/aromatic N) is 4. The predicted octanol–water partition coefficient (Wildman–Crippen LogP) is 8.11. The molecule has 4 N–H and O–H groups in total. The number of phenols is 2.